The zero-order chi connectivity index (χ0) is 45.1. The molecule has 0 saturated heterocycles. The number of carbonyl (C=O) groups excluding carboxylic acids is 5. The number of rotatable bonds is 17. The van der Waals surface area contributed by atoms with Crippen LogP contribution in [-0.4, -0.2) is 53.8 Å². The van der Waals surface area contributed by atoms with Gasteiger partial charge in [0.05, 0.1) is 12.5 Å². The largest absolute Gasteiger partial charge is 0.449 e. The summed E-state index contributed by atoms with van der Waals surface area (Å²) in [7, 11) is 0. The zero-order valence-electron chi connectivity index (χ0n) is 36.4. The van der Waals surface area contributed by atoms with Crippen molar-refractivity contribution in [1.29, 1.82) is 0 Å². The summed E-state index contributed by atoms with van der Waals surface area (Å²) in [6, 6.07) is 51.2. The summed E-state index contributed by atoms with van der Waals surface area (Å²) in [5.41, 5.74) is 5.55. The van der Waals surface area contributed by atoms with Gasteiger partial charge >= 0.3 is 6.09 Å². The van der Waals surface area contributed by atoms with E-state index in [9.17, 15) is 24.0 Å². The third-order valence-corrected chi connectivity index (χ3v) is 11.4. The molecule has 6 aromatic rings. The maximum absolute atomic E-state index is 14.7. The van der Waals surface area contributed by atoms with E-state index in [0.29, 0.717) is 0 Å². The SMILES string of the molecule is CC(C)(C)NC(=O)CCC(=O)[C@H](Cc1ccccc1)NC(=O)[C@H](CC(=O)NC(c1ccccc1)(c1ccccc1)c1ccccc1)NC(=O)OCC1c2ccccc2-c2ccccc21. The number of nitrogens with one attached hydrogen (secondary N) is 4. The van der Waals surface area contributed by atoms with Crippen molar-refractivity contribution in [3.8, 4) is 11.1 Å². The fourth-order valence-electron chi connectivity index (χ4n) is 8.48. The average molecular weight is 855 g/mol. The Morgan fingerprint density at radius 1 is 0.531 bits per heavy atom. The second kappa shape index (κ2) is 20.2. The molecule has 2 atom stereocenters. The summed E-state index contributed by atoms with van der Waals surface area (Å²) in [6.45, 7) is 5.54. The number of fused-ring (bicyclic) bond motifs is 3. The Labute approximate surface area is 374 Å². The molecule has 0 fully saturated rings. The van der Waals surface area contributed by atoms with Gasteiger partial charge in [0.2, 0.25) is 17.7 Å². The van der Waals surface area contributed by atoms with Crippen molar-refractivity contribution in [2.24, 2.45) is 0 Å². The summed E-state index contributed by atoms with van der Waals surface area (Å²) in [5.74, 6) is -2.24. The van der Waals surface area contributed by atoms with Gasteiger partial charge in [-0.05, 0) is 71.7 Å². The first-order valence-electron chi connectivity index (χ1n) is 21.7. The highest BCUT2D eigenvalue weighted by atomic mass is 16.5. The minimum absolute atomic E-state index is 0.0225. The molecule has 1 aliphatic rings. The smallest absolute Gasteiger partial charge is 0.407 e. The molecule has 0 radical (unpaired) electrons. The number of hydrogen-bond donors (Lipinski definition) is 4. The van der Waals surface area contributed by atoms with E-state index in [1.165, 1.54) is 0 Å². The molecule has 326 valence electrons. The van der Waals surface area contributed by atoms with Crippen molar-refractivity contribution in [3.63, 3.8) is 0 Å². The summed E-state index contributed by atoms with van der Waals surface area (Å²) in [6.07, 6.45) is -1.51. The number of hydrogen-bond acceptors (Lipinski definition) is 6. The Hall–Kier alpha value is -7.33. The van der Waals surface area contributed by atoms with Crippen LogP contribution in [0.2, 0.25) is 0 Å². The molecule has 0 unspecified atom stereocenters. The maximum Gasteiger partial charge on any atom is 0.407 e. The van der Waals surface area contributed by atoms with Crippen molar-refractivity contribution in [2.45, 2.75) is 75.5 Å². The van der Waals surface area contributed by atoms with E-state index < -0.39 is 47.5 Å². The maximum atomic E-state index is 14.7. The lowest BCUT2D eigenvalue weighted by Gasteiger charge is -2.37. The number of alkyl carbamates (subject to hydrolysis) is 1. The van der Waals surface area contributed by atoms with Gasteiger partial charge in [-0.1, -0.05) is 170 Å². The molecule has 0 bridgehead atoms. The van der Waals surface area contributed by atoms with E-state index in [1.54, 1.807) is 0 Å². The minimum atomic E-state index is -1.48. The molecule has 4 amide bonds. The Morgan fingerprint density at radius 3 is 1.50 bits per heavy atom. The number of benzene rings is 6. The van der Waals surface area contributed by atoms with Crippen LogP contribution >= 0.6 is 0 Å². The normalized spacial score (nSPS) is 13.0. The Balaban J connectivity index is 1.18. The molecule has 0 aliphatic heterocycles. The summed E-state index contributed by atoms with van der Waals surface area (Å²) in [5, 5.41) is 11.7. The molecule has 10 nitrogen and oxygen atoms in total. The molecule has 0 heterocycles. The van der Waals surface area contributed by atoms with Crippen molar-refractivity contribution in [2.75, 3.05) is 6.61 Å². The van der Waals surface area contributed by atoms with Crippen LogP contribution in [0.15, 0.2) is 170 Å². The standard InChI is InChI=1S/C54H54N4O6/c1-53(2,3)57-49(60)33-32-48(59)46(34-37-20-8-4-9-21-37)55-51(62)47(56-52(63)64-36-45-43-30-18-16-28-41(43)42-29-17-19-31-44(42)45)35-50(61)58-54(38-22-10-5-11-23-38,39-24-12-6-13-25-39)40-26-14-7-15-27-40/h4-31,45-47H,32-36H2,1-3H3,(H,55,62)(H,56,63)(H,57,60)(H,58,61)/t46-,47-/m0/s1. The van der Waals surface area contributed by atoms with Crippen LogP contribution in [0.1, 0.15) is 79.3 Å². The molecule has 10 heteroatoms. The number of amides is 4. The first-order valence-corrected chi connectivity index (χ1v) is 21.7. The van der Waals surface area contributed by atoms with Crippen LogP contribution in [0.4, 0.5) is 4.79 Å². The third-order valence-electron chi connectivity index (χ3n) is 11.4. The lowest BCUT2D eigenvalue weighted by molar-refractivity contribution is -0.132. The quantitative estimate of drug-likeness (QED) is 0.0680. The van der Waals surface area contributed by atoms with Crippen LogP contribution in [-0.2, 0) is 35.9 Å². The van der Waals surface area contributed by atoms with Gasteiger partial charge < -0.3 is 26.0 Å². The van der Waals surface area contributed by atoms with Gasteiger partial charge in [0.1, 0.15) is 18.2 Å². The van der Waals surface area contributed by atoms with E-state index in [0.717, 1.165) is 44.5 Å². The van der Waals surface area contributed by atoms with E-state index >= 15 is 0 Å². The second-order valence-corrected chi connectivity index (χ2v) is 17.1. The third kappa shape index (κ3) is 10.8. The van der Waals surface area contributed by atoms with Gasteiger partial charge in [0.15, 0.2) is 5.78 Å². The van der Waals surface area contributed by atoms with Gasteiger partial charge in [-0.25, -0.2) is 4.79 Å². The van der Waals surface area contributed by atoms with Crippen LogP contribution < -0.4 is 21.3 Å². The number of ether oxygens (including phenoxy) is 1. The number of carbonyl (C=O) groups is 5. The van der Waals surface area contributed by atoms with Gasteiger partial charge in [-0.3, -0.25) is 19.2 Å². The molecule has 0 saturated carbocycles. The van der Waals surface area contributed by atoms with Crippen LogP contribution in [0.25, 0.3) is 11.1 Å². The van der Waals surface area contributed by atoms with E-state index in [2.05, 4.69) is 21.3 Å². The monoisotopic (exact) mass is 854 g/mol. The minimum Gasteiger partial charge on any atom is -0.449 e. The molecular weight excluding hydrogens is 801 g/mol. The molecule has 6 aromatic carbocycles. The van der Waals surface area contributed by atoms with E-state index in [1.807, 2.05) is 191 Å². The van der Waals surface area contributed by atoms with Crippen molar-refractivity contribution in [1.82, 2.24) is 21.3 Å². The number of Topliss-reactive ketones (excluding diaryl/α,β-unsaturated/α-hetero) is 1. The average Bonchev–Trinajstić information content (AvgIpc) is 3.62. The second-order valence-electron chi connectivity index (χ2n) is 17.1. The summed E-state index contributed by atoms with van der Waals surface area (Å²) in [4.78, 5) is 70.0. The number of ketones is 1. The van der Waals surface area contributed by atoms with E-state index in [4.69, 9.17) is 4.74 Å². The van der Waals surface area contributed by atoms with Crippen LogP contribution in [0, 0.1) is 0 Å². The topological polar surface area (TPSA) is 143 Å². The van der Waals surface area contributed by atoms with Gasteiger partial charge in [0.25, 0.3) is 0 Å². The fraction of sp³-hybridized carbons (Fsp3) is 0.241. The van der Waals surface area contributed by atoms with Gasteiger partial charge in [-0.15, -0.1) is 0 Å². The first kappa shape index (κ1) is 44.7. The predicted octanol–water partition coefficient (Wildman–Crippen LogP) is 8.38. The predicted molar refractivity (Wildman–Crippen MR) is 248 cm³/mol. The Bertz CT molecular complexity index is 2420. The van der Waals surface area contributed by atoms with Crippen LogP contribution in [0.5, 0.6) is 0 Å². The molecule has 1 aliphatic carbocycles. The molecule has 7 rings (SSSR count). The lowest BCUT2D eigenvalue weighted by Crippen LogP contribution is -2.55. The van der Waals surface area contributed by atoms with Gasteiger partial charge in [0, 0.05) is 24.3 Å². The van der Waals surface area contributed by atoms with Gasteiger partial charge in [-0.2, -0.15) is 0 Å². The van der Waals surface area contributed by atoms with E-state index in [-0.39, 0.29) is 43.5 Å². The molecule has 64 heavy (non-hydrogen) atoms. The van der Waals surface area contributed by atoms with Crippen molar-refractivity contribution in [3.05, 3.63) is 203 Å². The van der Waals surface area contributed by atoms with Crippen LogP contribution in [0.3, 0.4) is 0 Å². The first-order chi connectivity index (χ1) is 30.9. The molecule has 0 spiro atoms. The Kier molecular flexibility index (Phi) is 14.1. The van der Waals surface area contributed by atoms with Crippen molar-refractivity contribution >= 4 is 29.6 Å². The summed E-state index contributed by atoms with van der Waals surface area (Å²) < 4.78 is 5.89. The fourth-order valence-corrected chi connectivity index (χ4v) is 8.48. The lowest BCUT2D eigenvalue weighted by atomic mass is 9.77. The highest BCUT2D eigenvalue weighted by Crippen LogP contribution is 2.44. The zero-order valence-corrected chi connectivity index (χ0v) is 36.4. The Morgan fingerprint density at radius 2 is 1.00 bits per heavy atom. The summed E-state index contributed by atoms with van der Waals surface area (Å²) >= 11 is 0. The van der Waals surface area contributed by atoms with Crippen molar-refractivity contribution < 1.29 is 28.7 Å². The molecule has 4 N–H and O–H groups in total. The highest BCUT2D eigenvalue weighted by Gasteiger charge is 2.39. The highest BCUT2D eigenvalue weighted by molar-refractivity contribution is 5.96. The molecular formula is C54H54N4O6. The molecule has 0 aromatic heterocycles.